The topological polar surface area (TPSA) is 18.5 Å². The number of benzene rings is 1. The van der Waals surface area contributed by atoms with Gasteiger partial charge in [-0.05, 0) is 35.1 Å². The standard InChI is InChI=1S/C13H15ClO2/c1-13(2)7-10(14)8-5-11-12(6-9(8)13)16-4-3-15-11/h5-6,10H,3-4,7H2,1-2H3. The van der Waals surface area contributed by atoms with Crippen LogP contribution in [-0.4, -0.2) is 13.2 Å². The van der Waals surface area contributed by atoms with Crippen LogP contribution in [0.4, 0.5) is 0 Å². The highest BCUT2D eigenvalue weighted by Crippen LogP contribution is 2.51. The number of rotatable bonds is 0. The fourth-order valence-corrected chi connectivity index (χ4v) is 3.18. The lowest BCUT2D eigenvalue weighted by Crippen LogP contribution is -2.17. The molecule has 2 aliphatic rings. The van der Waals surface area contributed by atoms with Gasteiger partial charge in [0.25, 0.3) is 0 Å². The van der Waals surface area contributed by atoms with Crippen molar-refractivity contribution in [3.8, 4) is 11.5 Å². The number of hydrogen-bond donors (Lipinski definition) is 0. The van der Waals surface area contributed by atoms with Gasteiger partial charge in [-0.2, -0.15) is 0 Å². The molecule has 1 heterocycles. The molecular formula is C13H15ClO2. The van der Waals surface area contributed by atoms with E-state index in [1.807, 2.05) is 0 Å². The lowest BCUT2D eigenvalue weighted by atomic mass is 9.86. The third-order valence-corrected chi connectivity index (χ3v) is 3.86. The molecule has 0 amide bonds. The second-order valence-corrected chi connectivity index (χ2v) is 5.67. The normalized spacial score (nSPS) is 25.3. The highest BCUT2D eigenvalue weighted by molar-refractivity contribution is 6.21. The Morgan fingerprint density at radius 2 is 1.81 bits per heavy atom. The van der Waals surface area contributed by atoms with Crippen LogP contribution in [0.1, 0.15) is 36.8 Å². The van der Waals surface area contributed by atoms with Crippen molar-refractivity contribution in [1.29, 1.82) is 0 Å². The van der Waals surface area contributed by atoms with E-state index in [9.17, 15) is 0 Å². The van der Waals surface area contributed by atoms with Crippen molar-refractivity contribution < 1.29 is 9.47 Å². The third kappa shape index (κ3) is 1.40. The number of ether oxygens (including phenoxy) is 2. The van der Waals surface area contributed by atoms with Crippen LogP contribution in [0.3, 0.4) is 0 Å². The molecule has 1 aromatic rings. The third-order valence-electron chi connectivity index (χ3n) is 3.47. The molecule has 1 aromatic carbocycles. The summed E-state index contributed by atoms with van der Waals surface area (Å²) in [4.78, 5) is 0. The lowest BCUT2D eigenvalue weighted by Gasteiger charge is -2.23. The van der Waals surface area contributed by atoms with E-state index in [1.54, 1.807) is 0 Å². The minimum Gasteiger partial charge on any atom is -0.486 e. The first-order valence-electron chi connectivity index (χ1n) is 5.66. The zero-order valence-electron chi connectivity index (χ0n) is 9.55. The average Bonchev–Trinajstić information content (AvgIpc) is 2.47. The summed E-state index contributed by atoms with van der Waals surface area (Å²) < 4.78 is 11.2. The van der Waals surface area contributed by atoms with Gasteiger partial charge in [0.1, 0.15) is 13.2 Å². The summed E-state index contributed by atoms with van der Waals surface area (Å²) in [6.07, 6.45) is 0.979. The first-order chi connectivity index (χ1) is 7.58. The van der Waals surface area contributed by atoms with Crippen LogP contribution in [0, 0.1) is 0 Å². The van der Waals surface area contributed by atoms with Crippen LogP contribution >= 0.6 is 11.6 Å². The van der Waals surface area contributed by atoms with Gasteiger partial charge in [-0.1, -0.05) is 13.8 Å². The Bertz CT molecular complexity index is 440. The van der Waals surface area contributed by atoms with E-state index in [-0.39, 0.29) is 10.8 Å². The van der Waals surface area contributed by atoms with Crippen LogP contribution in [0.15, 0.2) is 12.1 Å². The van der Waals surface area contributed by atoms with E-state index < -0.39 is 0 Å². The SMILES string of the molecule is CC1(C)CC(Cl)c2cc3c(cc21)OCCO3. The number of hydrogen-bond acceptors (Lipinski definition) is 2. The zero-order chi connectivity index (χ0) is 11.3. The van der Waals surface area contributed by atoms with Gasteiger partial charge in [0, 0.05) is 0 Å². The van der Waals surface area contributed by atoms with E-state index in [4.69, 9.17) is 21.1 Å². The fourth-order valence-electron chi connectivity index (χ4n) is 2.62. The van der Waals surface area contributed by atoms with E-state index >= 15 is 0 Å². The zero-order valence-corrected chi connectivity index (χ0v) is 10.3. The molecule has 0 aromatic heterocycles. The Hall–Kier alpha value is -0.890. The minimum absolute atomic E-state index is 0.0980. The number of fused-ring (bicyclic) bond motifs is 2. The summed E-state index contributed by atoms with van der Waals surface area (Å²) in [6.45, 7) is 5.72. The molecule has 0 fully saturated rings. The molecule has 0 bridgehead atoms. The highest BCUT2D eigenvalue weighted by atomic mass is 35.5. The Morgan fingerprint density at radius 3 is 2.50 bits per heavy atom. The monoisotopic (exact) mass is 238 g/mol. The molecule has 16 heavy (non-hydrogen) atoms. The summed E-state index contributed by atoms with van der Waals surface area (Å²) in [5, 5.41) is 0.0980. The highest BCUT2D eigenvalue weighted by Gasteiger charge is 2.37. The predicted molar refractivity (Wildman–Crippen MR) is 63.7 cm³/mol. The largest absolute Gasteiger partial charge is 0.486 e. The van der Waals surface area contributed by atoms with Crippen molar-refractivity contribution >= 4 is 11.6 Å². The van der Waals surface area contributed by atoms with Gasteiger partial charge in [-0.15, -0.1) is 11.6 Å². The van der Waals surface area contributed by atoms with Crippen LogP contribution in [0.5, 0.6) is 11.5 Å². The molecule has 1 aliphatic carbocycles. The Morgan fingerprint density at radius 1 is 1.19 bits per heavy atom. The lowest BCUT2D eigenvalue weighted by molar-refractivity contribution is 0.171. The summed E-state index contributed by atoms with van der Waals surface area (Å²) in [6, 6.07) is 4.16. The summed E-state index contributed by atoms with van der Waals surface area (Å²) in [7, 11) is 0. The van der Waals surface area contributed by atoms with Gasteiger partial charge in [0.15, 0.2) is 11.5 Å². The van der Waals surface area contributed by atoms with Crippen molar-refractivity contribution in [2.75, 3.05) is 13.2 Å². The maximum Gasteiger partial charge on any atom is 0.161 e. The van der Waals surface area contributed by atoms with E-state index in [1.165, 1.54) is 11.1 Å². The van der Waals surface area contributed by atoms with Crippen LogP contribution < -0.4 is 9.47 Å². The van der Waals surface area contributed by atoms with E-state index in [0.29, 0.717) is 13.2 Å². The van der Waals surface area contributed by atoms with Crippen molar-refractivity contribution in [2.45, 2.75) is 31.1 Å². The fraction of sp³-hybridized carbons (Fsp3) is 0.538. The molecule has 0 saturated heterocycles. The number of alkyl halides is 1. The van der Waals surface area contributed by atoms with Gasteiger partial charge in [0.05, 0.1) is 5.38 Å². The van der Waals surface area contributed by atoms with Crippen molar-refractivity contribution in [3.05, 3.63) is 23.3 Å². The van der Waals surface area contributed by atoms with Gasteiger partial charge < -0.3 is 9.47 Å². The molecule has 0 N–H and O–H groups in total. The molecule has 1 atom stereocenters. The van der Waals surface area contributed by atoms with Crippen LogP contribution in [0.25, 0.3) is 0 Å². The average molecular weight is 239 g/mol. The molecule has 1 unspecified atom stereocenters. The smallest absolute Gasteiger partial charge is 0.161 e. The first kappa shape index (κ1) is 10.3. The molecule has 2 nitrogen and oxygen atoms in total. The second kappa shape index (κ2) is 3.30. The summed E-state index contributed by atoms with van der Waals surface area (Å²) in [5.41, 5.74) is 2.64. The molecule has 0 saturated carbocycles. The maximum absolute atomic E-state index is 6.37. The van der Waals surface area contributed by atoms with Gasteiger partial charge in [0.2, 0.25) is 0 Å². The quantitative estimate of drug-likeness (QED) is 0.645. The number of halogens is 1. The van der Waals surface area contributed by atoms with E-state index in [2.05, 4.69) is 26.0 Å². The first-order valence-corrected chi connectivity index (χ1v) is 6.10. The molecule has 1 aliphatic heterocycles. The molecule has 86 valence electrons. The van der Waals surface area contributed by atoms with Crippen LogP contribution in [-0.2, 0) is 5.41 Å². The molecular weight excluding hydrogens is 224 g/mol. The van der Waals surface area contributed by atoms with Crippen molar-refractivity contribution in [2.24, 2.45) is 0 Å². The summed E-state index contributed by atoms with van der Waals surface area (Å²) in [5.74, 6) is 1.71. The summed E-state index contributed by atoms with van der Waals surface area (Å²) >= 11 is 6.37. The Labute approximate surface area is 101 Å². The van der Waals surface area contributed by atoms with Gasteiger partial charge in [-0.3, -0.25) is 0 Å². The molecule has 3 rings (SSSR count). The Kier molecular flexibility index (Phi) is 2.12. The maximum atomic E-state index is 6.37. The predicted octanol–water partition coefficient (Wildman–Crippen LogP) is 3.42. The van der Waals surface area contributed by atoms with Gasteiger partial charge >= 0.3 is 0 Å². The molecule has 0 radical (unpaired) electrons. The van der Waals surface area contributed by atoms with Crippen molar-refractivity contribution in [3.63, 3.8) is 0 Å². The van der Waals surface area contributed by atoms with Crippen molar-refractivity contribution in [1.82, 2.24) is 0 Å². The second-order valence-electron chi connectivity index (χ2n) is 5.14. The molecule has 3 heteroatoms. The van der Waals surface area contributed by atoms with Crippen LogP contribution in [0.2, 0.25) is 0 Å². The van der Waals surface area contributed by atoms with Gasteiger partial charge in [-0.25, -0.2) is 0 Å². The Balaban J connectivity index is 2.16. The van der Waals surface area contributed by atoms with E-state index in [0.717, 1.165) is 17.9 Å². The molecule has 0 spiro atoms. The minimum atomic E-state index is 0.0980.